The lowest BCUT2D eigenvalue weighted by Gasteiger charge is -2.08. The first-order chi connectivity index (χ1) is 11.9. The van der Waals surface area contributed by atoms with E-state index in [1.165, 1.54) is 43.3 Å². The molecule has 9 nitrogen and oxygen atoms in total. The van der Waals surface area contributed by atoms with Crippen molar-refractivity contribution in [2.45, 2.75) is 6.92 Å². The van der Waals surface area contributed by atoms with Gasteiger partial charge < -0.3 is 5.32 Å². The second-order valence-corrected chi connectivity index (χ2v) is 4.97. The Kier molecular flexibility index (Phi) is 5.41. The van der Waals surface area contributed by atoms with Gasteiger partial charge in [0.2, 0.25) is 5.91 Å². The summed E-state index contributed by atoms with van der Waals surface area (Å²) in [4.78, 5) is 44.8. The van der Waals surface area contributed by atoms with Crippen molar-refractivity contribution < 1.29 is 19.3 Å². The fourth-order valence-electron chi connectivity index (χ4n) is 1.90. The van der Waals surface area contributed by atoms with Gasteiger partial charge in [0.1, 0.15) is 0 Å². The monoisotopic (exact) mass is 342 g/mol. The van der Waals surface area contributed by atoms with E-state index in [1.54, 1.807) is 12.1 Å². The van der Waals surface area contributed by atoms with Crippen molar-refractivity contribution in [1.29, 1.82) is 0 Å². The average molecular weight is 342 g/mol. The number of nitrogens with zero attached hydrogens (tertiary/aromatic N) is 1. The predicted octanol–water partition coefficient (Wildman–Crippen LogP) is 1.63. The second-order valence-electron chi connectivity index (χ2n) is 4.97. The van der Waals surface area contributed by atoms with Crippen molar-refractivity contribution in [3.05, 3.63) is 69.8 Å². The van der Waals surface area contributed by atoms with Crippen LogP contribution in [-0.2, 0) is 4.79 Å². The maximum atomic E-state index is 12.0. The molecule has 128 valence electrons. The van der Waals surface area contributed by atoms with Gasteiger partial charge >= 0.3 is 0 Å². The first-order valence-corrected chi connectivity index (χ1v) is 7.09. The minimum atomic E-state index is -0.613. The van der Waals surface area contributed by atoms with E-state index in [4.69, 9.17) is 0 Å². The summed E-state index contributed by atoms with van der Waals surface area (Å²) in [7, 11) is 0. The van der Waals surface area contributed by atoms with Gasteiger partial charge in [0.05, 0.1) is 4.92 Å². The minimum Gasteiger partial charge on any atom is -0.326 e. The van der Waals surface area contributed by atoms with Crippen LogP contribution in [0.5, 0.6) is 0 Å². The Balaban J connectivity index is 1.93. The van der Waals surface area contributed by atoms with Crippen LogP contribution in [0.15, 0.2) is 48.5 Å². The van der Waals surface area contributed by atoms with Gasteiger partial charge in [0.25, 0.3) is 17.5 Å². The Morgan fingerprint density at radius 3 is 1.68 bits per heavy atom. The zero-order valence-corrected chi connectivity index (χ0v) is 13.1. The maximum Gasteiger partial charge on any atom is 0.269 e. The quantitative estimate of drug-likeness (QED) is 0.574. The Labute approximate surface area is 142 Å². The third-order valence-corrected chi connectivity index (χ3v) is 3.10. The number of nitro groups is 1. The number of rotatable bonds is 4. The Hall–Kier alpha value is -3.75. The predicted molar refractivity (Wildman–Crippen MR) is 88.8 cm³/mol. The van der Waals surface area contributed by atoms with Crippen LogP contribution in [0, 0.1) is 10.1 Å². The van der Waals surface area contributed by atoms with Crippen LogP contribution in [0.4, 0.5) is 11.4 Å². The van der Waals surface area contributed by atoms with E-state index in [1.807, 2.05) is 0 Å². The SMILES string of the molecule is CC(=O)Nc1ccc(C(=O)NNC(=O)c2ccc([N+](=O)[O-])cc2)cc1. The third kappa shape index (κ3) is 4.86. The summed E-state index contributed by atoms with van der Waals surface area (Å²) in [6, 6.07) is 11.0. The van der Waals surface area contributed by atoms with Gasteiger partial charge in [-0.15, -0.1) is 0 Å². The number of hydrogen-bond donors (Lipinski definition) is 3. The lowest BCUT2D eigenvalue weighted by Crippen LogP contribution is -2.41. The Morgan fingerprint density at radius 2 is 1.28 bits per heavy atom. The normalized spacial score (nSPS) is 9.80. The van der Waals surface area contributed by atoms with Gasteiger partial charge in [-0.05, 0) is 36.4 Å². The molecule has 9 heteroatoms. The minimum absolute atomic E-state index is 0.139. The van der Waals surface area contributed by atoms with Crippen LogP contribution >= 0.6 is 0 Å². The molecular formula is C16H14N4O5. The highest BCUT2D eigenvalue weighted by Crippen LogP contribution is 2.12. The number of nitro benzene ring substituents is 1. The Bertz CT molecular complexity index is 815. The standard InChI is InChI=1S/C16H14N4O5/c1-10(21)17-13-6-2-11(3-7-13)15(22)18-19-16(23)12-4-8-14(9-5-12)20(24)25/h2-9H,1H3,(H,17,21)(H,18,22)(H,19,23). The van der Waals surface area contributed by atoms with Crippen LogP contribution in [0.3, 0.4) is 0 Å². The van der Waals surface area contributed by atoms with Crippen molar-refractivity contribution in [1.82, 2.24) is 10.9 Å². The Morgan fingerprint density at radius 1 is 0.840 bits per heavy atom. The molecule has 0 saturated carbocycles. The zero-order chi connectivity index (χ0) is 18.4. The van der Waals surface area contributed by atoms with Crippen LogP contribution in [-0.4, -0.2) is 22.6 Å². The summed E-state index contributed by atoms with van der Waals surface area (Å²) in [5.41, 5.74) is 5.29. The molecule has 0 bridgehead atoms. The molecule has 0 atom stereocenters. The zero-order valence-electron chi connectivity index (χ0n) is 13.1. The smallest absolute Gasteiger partial charge is 0.269 e. The molecule has 0 aromatic heterocycles. The van der Waals surface area contributed by atoms with Gasteiger partial charge in [-0.3, -0.25) is 35.3 Å². The molecule has 2 aromatic carbocycles. The number of amides is 3. The van der Waals surface area contributed by atoms with E-state index >= 15 is 0 Å². The third-order valence-electron chi connectivity index (χ3n) is 3.10. The summed E-state index contributed by atoms with van der Waals surface area (Å²) in [5.74, 6) is -1.39. The van der Waals surface area contributed by atoms with Gasteiger partial charge in [-0.25, -0.2) is 0 Å². The highest BCUT2D eigenvalue weighted by Gasteiger charge is 2.11. The summed E-state index contributed by atoms with van der Waals surface area (Å²) in [6.45, 7) is 1.37. The lowest BCUT2D eigenvalue weighted by atomic mass is 10.2. The molecule has 25 heavy (non-hydrogen) atoms. The molecule has 2 rings (SSSR count). The number of hydrogen-bond acceptors (Lipinski definition) is 5. The number of carbonyl (C=O) groups excluding carboxylic acids is 3. The van der Waals surface area contributed by atoms with Gasteiger partial charge in [0.15, 0.2) is 0 Å². The number of benzene rings is 2. The van der Waals surface area contributed by atoms with Crippen LogP contribution < -0.4 is 16.2 Å². The molecule has 0 radical (unpaired) electrons. The van der Waals surface area contributed by atoms with E-state index in [-0.39, 0.29) is 22.7 Å². The number of anilines is 1. The first-order valence-electron chi connectivity index (χ1n) is 7.09. The van der Waals surface area contributed by atoms with E-state index in [2.05, 4.69) is 16.2 Å². The average Bonchev–Trinajstić information content (AvgIpc) is 2.59. The number of non-ortho nitro benzene ring substituents is 1. The molecule has 0 spiro atoms. The van der Waals surface area contributed by atoms with E-state index in [9.17, 15) is 24.5 Å². The molecule has 0 unspecified atom stereocenters. The van der Waals surface area contributed by atoms with Crippen molar-refractivity contribution in [3.8, 4) is 0 Å². The highest BCUT2D eigenvalue weighted by molar-refractivity contribution is 5.99. The molecule has 0 aliphatic carbocycles. The number of hydrazine groups is 1. The van der Waals surface area contributed by atoms with Gasteiger partial charge in [0, 0.05) is 35.9 Å². The van der Waals surface area contributed by atoms with Crippen LogP contribution in [0.25, 0.3) is 0 Å². The molecular weight excluding hydrogens is 328 g/mol. The topological polar surface area (TPSA) is 130 Å². The molecule has 0 aliphatic heterocycles. The van der Waals surface area contributed by atoms with Crippen molar-refractivity contribution in [2.75, 3.05) is 5.32 Å². The summed E-state index contributed by atoms with van der Waals surface area (Å²) >= 11 is 0. The van der Waals surface area contributed by atoms with E-state index in [0.29, 0.717) is 5.69 Å². The lowest BCUT2D eigenvalue weighted by molar-refractivity contribution is -0.384. The van der Waals surface area contributed by atoms with Crippen LogP contribution in [0.2, 0.25) is 0 Å². The molecule has 3 N–H and O–H groups in total. The summed E-state index contributed by atoms with van der Waals surface area (Å²) in [5, 5.41) is 13.1. The number of carbonyl (C=O) groups is 3. The molecule has 0 saturated heterocycles. The first kappa shape index (κ1) is 17.6. The fraction of sp³-hybridized carbons (Fsp3) is 0.0625. The van der Waals surface area contributed by atoms with Crippen LogP contribution in [0.1, 0.15) is 27.6 Å². The van der Waals surface area contributed by atoms with Gasteiger partial charge in [-0.2, -0.15) is 0 Å². The number of nitrogens with one attached hydrogen (secondary N) is 3. The molecule has 0 aliphatic rings. The molecule has 0 heterocycles. The van der Waals surface area contributed by atoms with Crippen molar-refractivity contribution in [2.24, 2.45) is 0 Å². The van der Waals surface area contributed by atoms with E-state index < -0.39 is 16.7 Å². The summed E-state index contributed by atoms with van der Waals surface area (Å²) in [6.07, 6.45) is 0. The van der Waals surface area contributed by atoms with E-state index in [0.717, 1.165) is 0 Å². The summed E-state index contributed by atoms with van der Waals surface area (Å²) < 4.78 is 0. The van der Waals surface area contributed by atoms with Crippen molar-refractivity contribution in [3.63, 3.8) is 0 Å². The largest absolute Gasteiger partial charge is 0.326 e. The molecule has 2 aromatic rings. The van der Waals surface area contributed by atoms with Crippen molar-refractivity contribution >= 4 is 29.1 Å². The maximum absolute atomic E-state index is 12.0. The fourth-order valence-corrected chi connectivity index (χ4v) is 1.90. The second kappa shape index (κ2) is 7.68. The van der Waals surface area contributed by atoms with Gasteiger partial charge in [-0.1, -0.05) is 0 Å². The molecule has 0 fully saturated rings. The molecule has 3 amide bonds. The highest BCUT2D eigenvalue weighted by atomic mass is 16.6.